The third-order valence-electron chi connectivity index (χ3n) is 2.39. The average molecular weight is 274 g/mol. The Bertz CT molecular complexity index is 474. The number of amides is 1. The van der Waals surface area contributed by atoms with Gasteiger partial charge in [0.05, 0.1) is 12.3 Å². The van der Waals surface area contributed by atoms with Crippen LogP contribution in [0.1, 0.15) is 5.56 Å². The van der Waals surface area contributed by atoms with Crippen molar-refractivity contribution in [3.05, 3.63) is 29.8 Å². The second-order valence-electron chi connectivity index (χ2n) is 3.51. The molecule has 0 N–H and O–H groups in total. The summed E-state index contributed by atoms with van der Waals surface area (Å²) in [6, 6.07) is 6.99. The van der Waals surface area contributed by atoms with E-state index in [4.69, 9.17) is 4.74 Å². The van der Waals surface area contributed by atoms with Gasteiger partial charge in [-0.1, -0.05) is 9.69 Å². The Balaban J connectivity index is 0.00000162. The van der Waals surface area contributed by atoms with Crippen LogP contribution in [0.2, 0.25) is 0 Å². The molecule has 2 rings (SSSR count). The Hall–Kier alpha value is -0.644. The van der Waals surface area contributed by atoms with E-state index < -0.39 is 10.7 Å². The molecule has 1 aliphatic rings. The van der Waals surface area contributed by atoms with Gasteiger partial charge in [0.2, 0.25) is 6.34 Å². The summed E-state index contributed by atoms with van der Waals surface area (Å²) in [6.07, 6.45) is -0.245. The summed E-state index contributed by atoms with van der Waals surface area (Å²) in [4.78, 5) is 11.0. The summed E-state index contributed by atoms with van der Waals surface area (Å²) >= 11 is 0. The molecule has 18 heavy (non-hydrogen) atoms. The van der Waals surface area contributed by atoms with Crippen LogP contribution in [0.25, 0.3) is 0 Å². The first-order valence-corrected chi connectivity index (χ1v) is 4.85. The van der Waals surface area contributed by atoms with Crippen LogP contribution in [0.5, 0.6) is 5.75 Å². The van der Waals surface area contributed by atoms with Crippen LogP contribution in [0, 0.1) is 0 Å². The predicted molar refractivity (Wildman–Crippen MR) is 62.9 cm³/mol. The number of benzene rings is 1. The van der Waals surface area contributed by atoms with Gasteiger partial charge < -0.3 is 14.6 Å². The molecule has 0 radical (unpaired) electrons. The van der Waals surface area contributed by atoms with Crippen molar-refractivity contribution in [2.75, 3.05) is 7.11 Å². The normalized spacial score (nSPS) is 20.5. The molecule has 0 saturated heterocycles. The molecule has 0 saturated carbocycles. The van der Waals surface area contributed by atoms with Crippen LogP contribution in [0.15, 0.2) is 39.8 Å². The molecule has 1 atom stereocenters. The number of carbonyl (C=O) groups is 1. The van der Waals surface area contributed by atoms with Crippen molar-refractivity contribution in [2.24, 2.45) is 15.5 Å². The molecule has 0 aliphatic carbocycles. The fourth-order valence-electron chi connectivity index (χ4n) is 1.46. The van der Waals surface area contributed by atoms with Gasteiger partial charge in [-0.25, -0.2) is 0 Å². The van der Waals surface area contributed by atoms with E-state index in [1.807, 2.05) is 0 Å². The van der Waals surface area contributed by atoms with E-state index in [9.17, 15) is 9.90 Å². The number of hydrogen-bond donors (Lipinski definition) is 0. The summed E-state index contributed by atoms with van der Waals surface area (Å²) < 4.78 is 4.24. The van der Waals surface area contributed by atoms with Gasteiger partial charge in [0, 0.05) is 10.8 Å². The summed E-state index contributed by atoms with van der Waals surface area (Å²) in [6.45, 7) is 0.0966. The summed E-state index contributed by atoms with van der Waals surface area (Å²) in [7, 11) is 1.56. The molecule has 1 aromatic rings. The maximum absolute atomic E-state index is 11.0. The molecular formula is C10H11KN4O3. The van der Waals surface area contributed by atoms with E-state index in [1.165, 1.54) is 0 Å². The van der Waals surface area contributed by atoms with Gasteiger partial charge in [-0.05, 0) is 24.3 Å². The number of rotatable bonds is 3. The minimum absolute atomic E-state index is 0. The zero-order valence-electron chi connectivity index (χ0n) is 9.11. The number of ether oxygens (including phenoxy) is 1. The van der Waals surface area contributed by atoms with E-state index in [2.05, 4.69) is 15.5 Å². The number of methoxy groups -OCH3 is 1. The number of nitrogens with zero attached hydrogens (tertiary/aromatic N) is 4. The molecule has 1 aromatic carbocycles. The molecule has 1 amide bonds. The Morgan fingerprint density at radius 2 is 2.06 bits per heavy atom. The Morgan fingerprint density at radius 1 is 1.39 bits per heavy atom. The minimum atomic E-state index is -1.37. The van der Waals surface area contributed by atoms with Crippen molar-refractivity contribution < 1.29 is 19.2 Å². The van der Waals surface area contributed by atoms with Crippen LogP contribution >= 0.6 is 0 Å². The summed E-state index contributed by atoms with van der Waals surface area (Å²) in [5, 5.41) is 21.4. The van der Waals surface area contributed by atoms with Crippen molar-refractivity contribution in [2.45, 2.75) is 6.54 Å². The number of carbonyl (C=O) groups excluding carboxylic acids is 1. The van der Waals surface area contributed by atoms with E-state index in [0.717, 1.165) is 11.9 Å². The average Bonchev–Trinajstić information content (AvgIpc) is 2.80. The Labute approximate surface area is 146 Å². The number of carboxylic acid groups (broad SMARTS) is 1. The zero-order chi connectivity index (χ0) is 12.3. The second kappa shape index (κ2) is 6.50. The molecule has 8 heteroatoms. The van der Waals surface area contributed by atoms with Crippen LogP contribution in [-0.4, -0.2) is 75.5 Å². The fraction of sp³-hybridized carbons (Fsp3) is 0.200. The topological polar surface area (TPSA) is 86.4 Å². The summed E-state index contributed by atoms with van der Waals surface area (Å²) in [5.74, 6) is 0.700. The van der Waals surface area contributed by atoms with Crippen LogP contribution in [0.4, 0.5) is 4.79 Å². The van der Waals surface area contributed by atoms with Crippen LogP contribution < -0.4 is 9.84 Å². The van der Waals surface area contributed by atoms with Crippen molar-refractivity contribution in [3.8, 4) is 5.75 Å². The Morgan fingerprint density at radius 3 is 2.50 bits per heavy atom. The standard InChI is InChI=1S/C10H10N4O3.K.H/c1-17-9-4-2-8(3-5-9)6-14(10(15)16)7-11-12-13-14;;/h2-5,7H,6H2,1H3;;. The van der Waals surface area contributed by atoms with E-state index in [1.54, 1.807) is 31.4 Å². The molecule has 7 nitrogen and oxygen atoms in total. The first kappa shape index (κ1) is 15.4. The number of quaternary nitrogens is 1. The van der Waals surface area contributed by atoms with Gasteiger partial charge >= 0.3 is 51.4 Å². The van der Waals surface area contributed by atoms with Crippen molar-refractivity contribution in [3.63, 3.8) is 0 Å². The van der Waals surface area contributed by atoms with Crippen molar-refractivity contribution in [1.29, 1.82) is 0 Å². The number of hydrogen-bond acceptors (Lipinski definition) is 6. The first-order valence-electron chi connectivity index (χ1n) is 4.85. The second-order valence-corrected chi connectivity index (χ2v) is 3.51. The van der Waals surface area contributed by atoms with Crippen LogP contribution in [0.3, 0.4) is 0 Å². The van der Waals surface area contributed by atoms with E-state index in [0.29, 0.717) is 5.75 Å². The van der Waals surface area contributed by atoms with E-state index >= 15 is 0 Å². The monoisotopic (exact) mass is 274 g/mol. The van der Waals surface area contributed by atoms with Gasteiger partial charge in [-0.2, -0.15) is 0 Å². The van der Waals surface area contributed by atoms with Gasteiger partial charge in [-0.15, -0.1) is 0 Å². The van der Waals surface area contributed by atoms with Gasteiger partial charge in [0.25, 0.3) is 6.09 Å². The predicted octanol–water partition coefficient (Wildman–Crippen LogP) is 0.0309. The van der Waals surface area contributed by atoms with E-state index in [-0.39, 0.29) is 57.9 Å². The fourth-order valence-corrected chi connectivity index (χ4v) is 1.46. The molecule has 1 heterocycles. The molecule has 1 aliphatic heterocycles. The molecule has 0 spiro atoms. The van der Waals surface area contributed by atoms with Crippen LogP contribution in [-0.2, 0) is 6.54 Å². The molecule has 0 aromatic heterocycles. The molecule has 1 unspecified atom stereocenters. The SMILES string of the molecule is COc1ccc(C[N+]2(C(=O)[O-])C=NN=N2)cc1.[KH]. The van der Waals surface area contributed by atoms with Gasteiger partial charge in [-0.3, -0.25) is 0 Å². The van der Waals surface area contributed by atoms with Crippen molar-refractivity contribution >= 4 is 63.8 Å². The third kappa shape index (κ3) is 3.22. The van der Waals surface area contributed by atoms with Crippen molar-refractivity contribution in [1.82, 2.24) is 0 Å². The van der Waals surface area contributed by atoms with Gasteiger partial charge in [0.1, 0.15) is 12.3 Å². The quantitative estimate of drug-likeness (QED) is 0.575. The summed E-state index contributed by atoms with van der Waals surface area (Å²) in [5.41, 5.74) is 0.766. The molecule has 0 bridgehead atoms. The van der Waals surface area contributed by atoms with Gasteiger partial charge in [0.15, 0.2) is 0 Å². The maximum atomic E-state index is 11.0. The molecule has 90 valence electrons. The zero-order valence-corrected chi connectivity index (χ0v) is 9.11. The Kier molecular flexibility index (Phi) is 5.57. The molecular weight excluding hydrogens is 263 g/mol. The first-order chi connectivity index (χ1) is 8.16. The third-order valence-corrected chi connectivity index (χ3v) is 2.39. The molecule has 0 fully saturated rings.